The molecule has 1 atom stereocenters. The van der Waals surface area contributed by atoms with E-state index >= 15 is 0 Å². The van der Waals surface area contributed by atoms with E-state index in [9.17, 15) is 4.79 Å². The van der Waals surface area contributed by atoms with Gasteiger partial charge in [-0.2, -0.15) is 0 Å². The van der Waals surface area contributed by atoms with Gasteiger partial charge in [0.2, 0.25) is 0 Å². The number of imidazole rings is 1. The third-order valence-corrected chi connectivity index (χ3v) is 5.47. The first-order chi connectivity index (χ1) is 13.1. The molecule has 2 heterocycles. The fourth-order valence-corrected chi connectivity index (χ4v) is 3.46. The summed E-state index contributed by atoms with van der Waals surface area (Å²) in [5.41, 5.74) is 3.13. The zero-order chi connectivity index (χ0) is 19.2. The van der Waals surface area contributed by atoms with Crippen molar-refractivity contribution < 1.29 is 4.79 Å². The minimum absolute atomic E-state index is 0.171. The standard InChI is InChI=1S/C21H31N5O/c1-4-16(2)25(3)13-11-22-21(27)24-18-9-7-8-17(14-18)20-23-15-19-10-5-6-12-26(19)20/h7-9,14-16H,4-6,10-13H2,1-3H3,(H2,22,24,27)/t16-/m0/s1. The molecular weight excluding hydrogens is 338 g/mol. The molecule has 1 aromatic carbocycles. The molecule has 1 aliphatic rings. The highest BCUT2D eigenvalue weighted by Crippen LogP contribution is 2.26. The molecule has 1 aromatic heterocycles. The Labute approximate surface area is 162 Å². The van der Waals surface area contributed by atoms with Crippen molar-refractivity contribution in [3.8, 4) is 11.4 Å². The summed E-state index contributed by atoms with van der Waals surface area (Å²) in [7, 11) is 2.09. The first-order valence-electron chi connectivity index (χ1n) is 9.98. The monoisotopic (exact) mass is 369 g/mol. The van der Waals surface area contributed by atoms with E-state index in [0.29, 0.717) is 12.6 Å². The Bertz CT molecular complexity index is 770. The molecule has 146 valence electrons. The van der Waals surface area contributed by atoms with Crippen LogP contribution in [0.4, 0.5) is 10.5 Å². The van der Waals surface area contributed by atoms with E-state index in [4.69, 9.17) is 0 Å². The highest BCUT2D eigenvalue weighted by molar-refractivity contribution is 5.89. The van der Waals surface area contributed by atoms with E-state index < -0.39 is 0 Å². The highest BCUT2D eigenvalue weighted by atomic mass is 16.2. The molecule has 3 rings (SSSR count). The van der Waals surface area contributed by atoms with Crippen LogP contribution < -0.4 is 10.6 Å². The van der Waals surface area contributed by atoms with E-state index in [0.717, 1.165) is 43.0 Å². The van der Waals surface area contributed by atoms with Crippen LogP contribution >= 0.6 is 0 Å². The van der Waals surface area contributed by atoms with Crippen LogP contribution in [0.25, 0.3) is 11.4 Å². The number of hydrogen-bond acceptors (Lipinski definition) is 3. The van der Waals surface area contributed by atoms with E-state index in [1.807, 2.05) is 24.4 Å². The fourth-order valence-electron chi connectivity index (χ4n) is 3.46. The third kappa shape index (κ3) is 4.89. The van der Waals surface area contributed by atoms with Gasteiger partial charge in [0.25, 0.3) is 0 Å². The van der Waals surface area contributed by atoms with Crippen LogP contribution in [0.3, 0.4) is 0 Å². The van der Waals surface area contributed by atoms with Crippen LogP contribution in [0.1, 0.15) is 38.8 Å². The molecule has 2 N–H and O–H groups in total. The minimum atomic E-state index is -0.171. The number of benzene rings is 1. The molecule has 0 radical (unpaired) electrons. The molecule has 6 nitrogen and oxygen atoms in total. The molecule has 0 spiro atoms. The molecule has 2 aromatic rings. The lowest BCUT2D eigenvalue weighted by Crippen LogP contribution is -2.38. The van der Waals surface area contributed by atoms with Crippen molar-refractivity contribution in [2.24, 2.45) is 0 Å². The van der Waals surface area contributed by atoms with Gasteiger partial charge in [0.05, 0.1) is 0 Å². The molecule has 0 unspecified atom stereocenters. The van der Waals surface area contributed by atoms with E-state index in [-0.39, 0.29) is 6.03 Å². The number of carbonyl (C=O) groups excluding carboxylic acids is 1. The number of aryl methyl sites for hydroxylation is 1. The number of hydrogen-bond donors (Lipinski definition) is 2. The van der Waals surface area contributed by atoms with Gasteiger partial charge in [0.15, 0.2) is 0 Å². The molecule has 0 saturated carbocycles. The fraction of sp³-hybridized carbons (Fsp3) is 0.524. The van der Waals surface area contributed by atoms with Gasteiger partial charge in [-0.05, 0) is 51.8 Å². The quantitative estimate of drug-likeness (QED) is 0.781. The Morgan fingerprint density at radius 3 is 3.04 bits per heavy atom. The Balaban J connectivity index is 1.58. The number of carbonyl (C=O) groups is 1. The lowest BCUT2D eigenvalue weighted by Gasteiger charge is -2.23. The van der Waals surface area contributed by atoms with Crippen LogP contribution in [0, 0.1) is 0 Å². The second-order valence-electron chi connectivity index (χ2n) is 7.38. The van der Waals surface area contributed by atoms with Crippen LogP contribution in [0.2, 0.25) is 0 Å². The highest BCUT2D eigenvalue weighted by Gasteiger charge is 2.15. The number of aromatic nitrogens is 2. The SMILES string of the molecule is CC[C@H](C)N(C)CCNC(=O)Nc1cccc(-c2ncc3n2CCCC3)c1. The molecule has 6 heteroatoms. The number of rotatable bonds is 7. The maximum Gasteiger partial charge on any atom is 0.319 e. The zero-order valence-electron chi connectivity index (χ0n) is 16.7. The smallest absolute Gasteiger partial charge is 0.319 e. The molecule has 0 fully saturated rings. The van der Waals surface area contributed by atoms with Crippen LogP contribution in [0.5, 0.6) is 0 Å². The number of urea groups is 1. The molecule has 1 aliphatic heterocycles. The molecule has 0 saturated heterocycles. The van der Waals surface area contributed by atoms with Gasteiger partial charge >= 0.3 is 6.03 Å². The van der Waals surface area contributed by atoms with Crippen molar-refractivity contribution in [3.63, 3.8) is 0 Å². The van der Waals surface area contributed by atoms with Crippen molar-refractivity contribution >= 4 is 11.7 Å². The first kappa shape index (κ1) is 19.4. The Morgan fingerprint density at radius 2 is 2.22 bits per heavy atom. The Kier molecular flexibility index (Phi) is 6.50. The average Bonchev–Trinajstić information content (AvgIpc) is 3.11. The molecular formula is C21H31N5O. The lowest BCUT2D eigenvalue weighted by atomic mass is 10.1. The van der Waals surface area contributed by atoms with E-state index in [1.165, 1.54) is 18.5 Å². The summed E-state index contributed by atoms with van der Waals surface area (Å²) in [5.74, 6) is 0.990. The molecule has 0 bridgehead atoms. The lowest BCUT2D eigenvalue weighted by molar-refractivity contribution is 0.238. The summed E-state index contributed by atoms with van der Waals surface area (Å²) in [6, 6.07) is 8.27. The number of likely N-dealkylation sites (N-methyl/N-ethyl adjacent to an activating group) is 1. The maximum atomic E-state index is 12.2. The molecule has 27 heavy (non-hydrogen) atoms. The predicted molar refractivity (Wildman–Crippen MR) is 110 cm³/mol. The first-order valence-corrected chi connectivity index (χ1v) is 9.98. The average molecular weight is 370 g/mol. The second-order valence-corrected chi connectivity index (χ2v) is 7.38. The Hall–Kier alpha value is -2.34. The van der Waals surface area contributed by atoms with Gasteiger partial charge in [0, 0.05) is 48.8 Å². The second kappa shape index (κ2) is 9.04. The van der Waals surface area contributed by atoms with Gasteiger partial charge < -0.3 is 20.1 Å². The van der Waals surface area contributed by atoms with Crippen LogP contribution in [-0.2, 0) is 13.0 Å². The number of nitrogens with zero attached hydrogens (tertiary/aromatic N) is 3. The number of amides is 2. The zero-order valence-corrected chi connectivity index (χ0v) is 16.7. The van der Waals surface area contributed by atoms with E-state index in [2.05, 4.69) is 52.0 Å². The Morgan fingerprint density at radius 1 is 1.37 bits per heavy atom. The van der Waals surface area contributed by atoms with Gasteiger partial charge in [-0.1, -0.05) is 19.1 Å². The van der Waals surface area contributed by atoms with Crippen molar-refractivity contribution in [1.29, 1.82) is 0 Å². The summed E-state index contributed by atoms with van der Waals surface area (Å²) in [5, 5.41) is 5.87. The van der Waals surface area contributed by atoms with Gasteiger partial charge in [-0.15, -0.1) is 0 Å². The largest absolute Gasteiger partial charge is 0.337 e. The molecule has 2 amide bonds. The summed E-state index contributed by atoms with van der Waals surface area (Å²) < 4.78 is 2.30. The predicted octanol–water partition coefficient (Wildman–Crippen LogP) is 3.74. The van der Waals surface area contributed by atoms with Gasteiger partial charge in [-0.3, -0.25) is 0 Å². The van der Waals surface area contributed by atoms with Crippen molar-refractivity contribution in [2.45, 2.75) is 52.1 Å². The van der Waals surface area contributed by atoms with Gasteiger partial charge in [-0.25, -0.2) is 9.78 Å². The topological polar surface area (TPSA) is 62.2 Å². The minimum Gasteiger partial charge on any atom is -0.337 e. The maximum absolute atomic E-state index is 12.2. The summed E-state index contributed by atoms with van der Waals surface area (Å²) >= 11 is 0. The number of nitrogens with one attached hydrogen (secondary N) is 2. The van der Waals surface area contributed by atoms with Crippen molar-refractivity contribution in [1.82, 2.24) is 19.8 Å². The third-order valence-electron chi connectivity index (χ3n) is 5.47. The van der Waals surface area contributed by atoms with Crippen LogP contribution in [-0.4, -0.2) is 46.7 Å². The number of fused-ring (bicyclic) bond motifs is 1. The number of anilines is 1. The molecule has 0 aliphatic carbocycles. The normalized spacial score (nSPS) is 14.7. The van der Waals surface area contributed by atoms with Gasteiger partial charge in [0.1, 0.15) is 5.82 Å². The summed E-state index contributed by atoms with van der Waals surface area (Å²) in [6.07, 6.45) is 6.61. The van der Waals surface area contributed by atoms with E-state index in [1.54, 1.807) is 0 Å². The summed E-state index contributed by atoms with van der Waals surface area (Å²) in [6.45, 7) is 6.85. The summed E-state index contributed by atoms with van der Waals surface area (Å²) in [4.78, 5) is 19.1. The van der Waals surface area contributed by atoms with Crippen molar-refractivity contribution in [3.05, 3.63) is 36.2 Å². The van der Waals surface area contributed by atoms with Crippen LogP contribution in [0.15, 0.2) is 30.5 Å². The van der Waals surface area contributed by atoms with Crippen molar-refractivity contribution in [2.75, 3.05) is 25.5 Å².